The van der Waals surface area contributed by atoms with Crippen LogP contribution in [0.4, 0.5) is 14.5 Å². The molecule has 0 heterocycles. The Labute approximate surface area is 159 Å². The predicted octanol–water partition coefficient (Wildman–Crippen LogP) is 6.05. The van der Waals surface area contributed by atoms with Crippen molar-refractivity contribution in [1.29, 1.82) is 0 Å². The van der Waals surface area contributed by atoms with Crippen molar-refractivity contribution in [3.63, 3.8) is 0 Å². The maximum Gasteiger partial charge on any atom is 0.335 e. The summed E-state index contributed by atoms with van der Waals surface area (Å²) in [6.07, 6.45) is 3.92. The van der Waals surface area contributed by atoms with Crippen LogP contribution in [0.2, 0.25) is 0 Å². The lowest BCUT2D eigenvalue weighted by Gasteiger charge is -2.29. The van der Waals surface area contributed by atoms with Crippen LogP contribution in [0.25, 0.3) is 11.1 Å². The minimum absolute atomic E-state index is 0.182. The van der Waals surface area contributed by atoms with Crippen LogP contribution in [0.3, 0.4) is 0 Å². The van der Waals surface area contributed by atoms with Gasteiger partial charge in [0.05, 0.1) is 5.56 Å². The van der Waals surface area contributed by atoms with Crippen molar-refractivity contribution in [2.75, 3.05) is 18.0 Å². The number of halogens is 2. The number of carbonyl (C=O) groups is 1. The van der Waals surface area contributed by atoms with E-state index in [1.54, 1.807) is 19.1 Å². The molecule has 0 bridgehead atoms. The van der Waals surface area contributed by atoms with Crippen LogP contribution in [-0.4, -0.2) is 24.2 Å². The van der Waals surface area contributed by atoms with Gasteiger partial charge in [0.2, 0.25) is 0 Å². The van der Waals surface area contributed by atoms with Gasteiger partial charge >= 0.3 is 5.97 Å². The zero-order chi connectivity index (χ0) is 20.0. The Hall–Kier alpha value is -2.43. The van der Waals surface area contributed by atoms with Crippen molar-refractivity contribution in [1.82, 2.24) is 0 Å². The van der Waals surface area contributed by atoms with Crippen molar-refractivity contribution in [3.05, 3.63) is 53.1 Å². The molecule has 0 spiro atoms. The average Bonchev–Trinajstić information content (AvgIpc) is 2.60. The SMILES string of the molecule is CCCCN(CCCC)c1cc(C(=O)O)cc(C)c1-c1cc(F)cc(F)c1. The molecule has 0 aliphatic carbocycles. The fourth-order valence-electron chi connectivity index (χ4n) is 3.27. The highest BCUT2D eigenvalue weighted by Crippen LogP contribution is 2.36. The maximum absolute atomic E-state index is 13.8. The molecule has 2 aromatic rings. The van der Waals surface area contributed by atoms with Crippen LogP contribution >= 0.6 is 0 Å². The summed E-state index contributed by atoms with van der Waals surface area (Å²) in [7, 11) is 0. The Bertz CT molecular complexity index is 777. The zero-order valence-corrected chi connectivity index (χ0v) is 16.2. The average molecular weight is 375 g/mol. The number of anilines is 1. The third kappa shape index (κ3) is 5.28. The van der Waals surface area contributed by atoms with Crippen molar-refractivity contribution < 1.29 is 18.7 Å². The molecule has 0 unspecified atom stereocenters. The van der Waals surface area contributed by atoms with Crippen molar-refractivity contribution in [2.24, 2.45) is 0 Å². The smallest absolute Gasteiger partial charge is 0.335 e. The third-order valence-corrected chi connectivity index (χ3v) is 4.62. The van der Waals surface area contributed by atoms with E-state index in [1.807, 2.05) is 0 Å². The molecule has 3 nitrogen and oxygen atoms in total. The van der Waals surface area contributed by atoms with E-state index in [0.717, 1.165) is 50.5 Å². The summed E-state index contributed by atoms with van der Waals surface area (Å²) < 4.78 is 27.7. The summed E-state index contributed by atoms with van der Waals surface area (Å²) in [5.74, 6) is -2.31. The monoisotopic (exact) mass is 375 g/mol. The zero-order valence-electron chi connectivity index (χ0n) is 16.2. The molecule has 0 atom stereocenters. The van der Waals surface area contributed by atoms with Crippen molar-refractivity contribution in [3.8, 4) is 11.1 Å². The molecule has 0 aliphatic heterocycles. The van der Waals surface area contributed by atoms with E-state index < -0.39 is 17.6 Å². The first-order valence-corrected chi connectivity index (χ1v) is 9.46. The second-order valence-electron chi connectivity index (χ2n) is 6.84. The minimum Gasteiger partial charge on any atom is -0.478 e. The molecule has 0 fully saturated rings. The van der Waals surface area contributed by atoms with E-state index in [-0.39, 0.29) is 5.56 Å². The van der Waals surface area contributed by atoms with Crippen LogP contribution < -0.4 is 4.90 Å². The van der Waals surface area contributed by atoms with Gasteiger partial charge in [0.15, 0.2) is 0 Å². The Morgan fingerprint density at radius 2 is 1.52 bits per heavy atom. The van der Waals surface area contributed by atoms with Gasteiger partial charge in [-0.05, 0) is 55.2 Å². The van der Waals surface area contributed by atoms with Gasteiger partial charge in [-0.1, -0.05) is 26.7 Å². The quantitative estimate of drug-likeness (QED) is 0.580. The predicted molar refractivity (Wildman–Crippen MR) is 106 cm³/mol. The minimum atomic E-state index is -1.01. The molecule has 0 aliphatic rings. The second-order valence-corrected chi connectivity index (χ2v) is 6.84. The molecule has 0 aromatic heterocycles. The maximum atomic E-state index is 13.8. The van der Waals surface area contributed by atoms with Gasteiger partial charge < -0.3 is 10.0 Å². The Morgan fingerprint density at radius 3 is 2.00 bits per heavy atom. The number of carboxylic acids is 1. The highest BCUT2D eigenvalue weighted by atomic mass is 19.1. The third-order valence-electron chi connectivity index (χ3n) is 4.62. The number of hydrogen-bond donors (Lipinski definition) is 1. The van der Waals surface area contributed by atoms with Gasteiger partial charge in [-0.25, -0.2) is 13.6 Å². The summed E-state index contributed by atoms with van der Waals surface area (Å²) in [6, 6.07) is 6.62. The number of unbranched alkanes of at least 4 members (excludes halogenated alkanes) is 2. The topological polar surface area (TPSA) is 40.5 Å². The van der Waals surface area contributed by atoms with Gasteiger partial charge in [-0.2, -0.15) is 0 Å². The van der Waals surface area contributed by atoms with E-state index in [9.17, 15) is 18.7 Å². The van der Waals surface area contributed by atoms with Crippen LogP contribution in [0.5, 0.6) is 0 Å². The summed E-state index contributed by atoms with van der Waals surface area (Å²) in [4.78, 5) is 13.7. The van der Waals surface area contributed by atoms with Gasteiger partial charge in [0.1, 0.15) is 11.6 Å². The lowest BCUT2D eigenvalue weighted by Crippen LogP contribution is -2.26. The van der Waals surface area contributed by atoms with Gasteiger partial charge in [0.25, 0.3) is 0 Å². The Kier molecular flexibility index (Phi) is 7.34. The first-order chi connectivity index (χ1) is 12.9. The van der Waals surface area contributed by atoms with Gasteiger partial charge in [-0.3, -0.25) is 0 Å². The van der Waals surface area contributed by atoms with Crippen LogP contribution in [0.1, 0.15) is 55.5 Å². The van der Waals surface area contributed by atoms with Crippen molar-refractivity contribution in [2.45, 2.75) is 46.5 Å². The second kappa shape index (κ2) is 9.49. The first-order valence-electron chi connectivity index (χ1n) is 9.46. The molecule has 27 heavy (non-hydrogen) atoms. The molecule has 2 rings (SSSR count). The van der Waals surface area contributed by atoms with Crippen LogP contribution in [0, 0.1) is 18.6 Å². The largest absolute Gasteiger partial charge is 0.478 e. The fraction of sp³-hybridized carbons (Fsp3) is 0.409. The van der Waals surface area contributed by atoms with E-state index in [2.05, 4.69) is 18.7 Å². The highest BCUT2D eigenvalue weighted by molar-refractivity contribution is 5.93. The molecule has 146 valence electrons. The lowest BCUT2D eigenvalue weighted by atomic mass is 9.94. The summed E-state index contributed by atoms with van der Waals surface area (Å²) in [5.41, 5.74) is 2.70. The molecule has 1 N–H and O–H groups in total. The molecule has 0 amide bonds. The Balaban J connectivity index is 2.67. The molecular weight excluding hydrogens is 348 g/mol. The first kappa shape index (κ1) is 20.9. The van der Waals surface area contributed by atoms with Crippen LogP contribution in [0.15, 0.2) is 30.3 Å². The number of carboxylic acid groups (broad SMARTS) is 1. The molecular formula is C22H27F2NO2. The molecule has 0 saturated carbocycles. The van der Waals surface area contributed by atoms with Gasteiger partial charge in [-0.15, -0.1) is 0 Å². The fourth-order valence-corrected chi connectivity index (χ4v) is 3.27. The van der Waals surface area contributed by atoms with E-state index in [1.165, 1.54) is 12.1 Å². The number of rotatable bonds is 9. The van der Waals surface area contributed by atoms with E-state index in [0.29, 0.717) is 16.7 Å². The molecule has 5 heteroatoms. The summed E-state index contributed by atoms with van der Waals surface area (Å²) >= 11 is 0. The number of aromatic carboxylic acids is 1. The molecule has 0 radical (unpaired) electrons. The van der Waals surface area contributed by atoms with Gasteiger partial charge in [0, 0.05) is 30.4 Å². The molecule has 2 aromatic carbocycles. The number of aryl methyl sites for hydroxylation is 1. The number of benzene rings is 2. The van der Waals surface area contributed by atoms with Crippen LogP contribution in [-0.2, 0) is 0 Å². The summed E-state index contributed by atoms with van der Waals surface area (Å²) in [5, 5.41) is 9.48. The Morgan fingerprint density at radius 1 is 0.963 bits per heavy atom. The lowest BCUT2D eigenvalue weighted by molar-refractivity contribution is 0.0697. The normalized spacial score (nSPS) is 10.9. The standard InChI is InChI=1S/C22H27F2NO2/c1-4-6-8-25(9-7-5-2)20-13-17(22(26)27)10-15(3)21(20)16-11-18(23)14-19(24)12-16/h10-14H,4-9H2,1-3H3,(H,26,27). The van der Waals surface area contributed by atoms with E-state index in [4.69, 9.17) is 0 Å². The number of nitrogens with zero attached hydrogens (tertiary/aromatic N) is 1. The molecule has 0 saturated heterocycles. The van der Waals surface area contributed by atoms with E-state index >= 15 is 0 Å². The summed E-state index contributed by atoms with van der Waals surface area (Å²) in [6.45, 7) is 7.51. The van der Waals surface area contributed by atoms with Crippen molar-refractivity contribution >= 4 is 11.7 Å². The highest BCUT2D eigenvalue weighted by Gasteiger charge is 2.19. The number of hydrogen-bond acceptors (Lipinski definition) is 2.